The van der Waals surface area contributed by atoms with Gasteiger partial charge in [0.25, 0.3) is 5.56 Å². The van der Waals surface area contributed by atoms with Gasteiger partial charge in [0.05, 0.1) is 20.2 Å². The zero-order valence-electron chi connectivity index (χ0n) is 17.2. The number of ether oxygens (including phenoxy) is 1. The van der Waals surface area contributed by atoms with Gasteiger partial charge in [0.2, 0.25) is 0 Å². The third-order valence-corrected chi connectivity index (χ3v) is 5.43. The van der Waals surface area contributed by atoms with Crippen molar-refractivity contribution in [3.63, 3.8) is 0 Å². The summed E-state index contributed by atoms with van der Waals surface area (Å²) in [7, 11) is 1.30. The highest BCUT2D eigenvalue weighted by Gasteiger charge is 2.34. The maximum atomic E-state index is 13.1. The second-order valence-corrected chi connectivity index (χ2v) is 7.24. The number of nitrogen functional groups attached to an aromatic ring is 1. The minimum atomic E-state index is -0.705. The minimum Gasteiger partial charge on any atom is -0.468 e. The van der Waals surface area contributed by atoms with E-state index < -0.39 is 29.0 Å². The van der Waals surface area contributed by atoms with Crippen LogP contribution in [0.3, 0.4) is 0 Å². The maximum Gasteiger partial charge on any atom is 0.332 e. The Bertz CT molecular complexity index is 1060. The Morgan fingerprint density at radius 1 is 1.17 bits per heavy atom. The highest BCUT2D eigenvalue weighted by atomic mass is 16.5. The number of aromatic nitrogens is 2. The van der Waals surface area contributed by atoms with E-state index in [0.717, 1.165) is 16.6 Å². The fourth-order valence-electron chi connectivity index (χ4n) is 3.86. The van der Waals surface area contributed by atoms with Crippen molar-refractivity contribution in [2.45, 2.75) is 38.9 Å². The molecule has 2 aromatic rings. The lowest BCUT2D eigenvalue weighted by molar-refractivity contribution is -0.145. The Hall–Kier alpha value is -3.20. The molecule has 0 aliphatic carbocycles. The van der Waals surface area contributed by atoms with E-state index in [2.05, 4.69) is 0 Å². The van der Waals surface area contributed by atoms with Crippen molar-refractivity contribution in [2.24, 2.45) is 0 Å². The molecule has 9 nitrogen and oxygen atoms in total. The Balaban J connectivity index is 2.00. The number of carbonyl (C=O) groups is 2. The molecule has 1 aromatic carbocycles. The van der Waals surface area contributed by atoms with Gasteiger partial charge in [0, 0.05) is 6.54 Å². The molecular formula is C21H26N4O5. The van der Waals surface area contributed by atoms with Gasteiger partial charge >= 0.3 is 11.7 Å². The quantitative estimate of drug-likeness (QED) is 0.517. The Morgan fingerprint density at radius 2 is 1.87 bits per heavy atom. The summed E-state index contributed by atoms with van der Waals surface area (Å²) < 4.78 is 7.06. The van der Waals surface area contributed by atoms with Gasteiger partial charge in [-0.05, 0) is 31.9 Å². The molecule has 0 spiro atoms. The molecule has 1 atom stereocenters. The zero-order chi connectivity index (χ0) is 21.8. The monoisotopic (exact) mass is 414 g/mol. The molecule has 1 unspecified atom stereocenters. The van der Waals surface area contributed by atoms with Crippen LogP contribution < -0.4 is 17.0 Å². The van der Waals surface area contributed by atoms with Crippen LogP contribution in [0.5, 0.6) is 0 Å². The van der Waals surface area contributed by atoms with Crippen molar-refractivity contribution < 1.29 is 14.3 Å². The predicted octanol–water partition coefficient (Wildman–Crippen LogP) is 0.481. The topological polar surface area (TPSA) is 117 Å². The SMILES string of the molecule is CCn1c(=O)c(C(=O)CN2CCCC2C(=O)OC)c(N)n(Cc2ccccc2)c1=O. The van der Waals surface area contributed by atoms with Crippen LogP contribution in [0, 0.1) is 0 Å². The molecule has 1 aliphatic heterocycles. The summed E-state index contributed by atoms with van der Waals surface area (Å²) in [6, 6.07) is 8.66. The second kappa shape index (κ2) is 9.08. The number of benzene rings is 1. The summed E-state index contributed by atoms with van der Waals surface area (Å²) in [5, 5.41) is 0. The van der Waals surface area contributed by atoms with Crippen molar-refractivity contribution in [3.05, 3.63) is 62.3 Å². The van der Waals surface area contributed by atoms with Crippen molar-refractivity contribution in [1.29, 1.82) is 0 Å². The molecule has 1 aromatic heterocycles. The molecule has 2 heterocycles. The molecule has 0 saturated carbocycles. The molecule has 1 fully saturated rings. The molecule has 0 bridgehead atoms. The van der Waals surface area contributed by atoms with Crippen molar-refractivity contribution in [1.82, 2.24) is 14.0 Å². The van der Waals surface area contributed by atoms with Crippen LogP contribution in [-0.4, -0.2) is 52.0 Å². The first-order valence-corrected chi connectivity index (χ1v) is 9.91. The standard InChI is InChI=1S/C21H26N4O5/c1-3-24-19(27)17(16(26)13-23-11-7-10-15(23)20(28)30-2)18(22)25(21(24)29)12-14-8-5-4-6-9-14/h4-6,8-9,15H,3,7,10-13,22H2,1-2H3. The Labute approximate surface area is 173 Å². The van der Waals surface area contributed by atoms with Gasteiger partial charge in [-0.1, -0.05) is 30.3 Å². The van der Waals surface area contributed by atoms with Gasteiger partial charge in [-0.15, -0.1) is 0 Å². The third kappa shape index (κ3) is 4.06. The molecule has 1 saturated heterocycles. The van der Waals surface area contributed by atoms with E-state index in [0.29, 0.717) is 13.0 Å². The average Bonchev–Trinajstić information content (AvgIpc) is 3.19. The van der Waals surface area contributed by atoms with E-state index in [4.69, 9.17) is 10.5 Å². The number of Topliss-reactive ketones (excluding diaryl/α,β-unsaturated/α-hetero) is 1. The zero-order valence-corrected chi connectivity index (χ0v) is 17.2. The summed E-state index contributed by atoms with van der Waals surface area (Å²) in [5.74, 6) is -1.08. The number of nitrogens with two attached hydrogens (primary N) is 1. The molecule has 30 heavy (non-hydrogen) atoms. The van der Waals surface area contributed by atoms with Gasteiger partial charge in [0.15, 0.2) is 5.78 Å². The summed E-state index contributed by atoms with van der Waals surface area (Å²) in [5.41, 5.74) is 5.50. The van der Waals surface area contributed by atoms with Gasteiger partial charge in [-0.2, -0.15) is 0 Å². The highest BCUT2D eigenvalue weighted by Crippen LogP contribution is 2.19. The van der Waals surface area contributed by atoms with E-state index in [9.17, 15) is 19.2 Å². The number of methoxy groups -OCH3 is 1. The normalized spacial score (nSPS) is 16.5. The number of anilines is 1. The van der Waals surface area contributed by atoms with E-state index in [-0.39, 0.29) is 31.0 Å². The largest absolute Gasteiger partial charge is 0.468 e. The predicted molar refractivity (Wildman–Crippen MR) is 112 cm³/mol. The Kier molecular flexibility index (Phi) is 6.51. The van der Waals surface area contributed by atoms with E-state index in [1.807, 2.05) is 30.3 Å². The van der Waals surface area contributed by atoms with Gasteiger partial charge in [-0.3, -0.25) is 28.4 Å². The fourth-order valence-corrected chi connectivity index (χ4v) is 3.86. The molecular weight excluding hydrogens is 388 g/mol. The van der Waals surface area contributed by atoms with Crippen LogP contribution in [0.15, 0.2) is 39.9 Å². The summed E-state index contributed by atoms with van der Waals surface area (Å²) in [6.45, 7) is 2.30. The van der Waals surface area contributed by atoms with E-state index in [1.165, 1.54) is 11.7 Å². The lowest BCUT2D eigenvalue weighted by atomic mass is 10.1. The average molecular weight is 414 g/mol. The van der Waals surface area contributed by atoms with Crippen LogP contribution in [0.1, 0.15) is 35.7 Å². The summed E-state index contributed by atoms with van der Waals surface area (Å²) >= 11 is 0. The molecule has 0 radical (unpaired) electrons. The smallest absolute Gasteiger partial charge is 0.332 e. The van der Waals surface area contributed by atoms with E-state index in [1.54, 1.807) is 11.8 Å². The number of esters is 1. The number of rotatable bonds is 7. The van der Waals surface area contributed by atoms with Crippen molar-refractivity contribution in [2.75, 3.05) is 25.9 Å². The van der Waals surface area contributed by atoms with Crippen molar-refractivity contribution in [3.8, 4) is 0 Å². The number of carbonyl (C=O) groups excluding carboxylic acids is 2. The number of likely N-dealkylation sites (tertiary alicyclic amines) is 1. The van der Waals surface area contributed by atoms with Gasteiger partial charge < -0.3 is 10.5 Å². The van der Waals surface area contributed by atoms with E-state index >= 15 is 0 Å². The number of hydrogen-bond acceptors (Lipinski definition) is 7. The van der Waals surface area contributed by atoms with Crippen LogP contribution in [0.25, 0.3) is 0 Å². The van der Waals surface area contributed by atoms with Crippen LogP contribution in [0.2, 0.25) is 0 Å². The third-order valence-electron chi connectivity index (χ3n) is 5.43. The first-order chi connectivity index (χ1) is 14.4. The van der Waals surface area contributed by atoms with Gasteiger partial charge in [-0.25, -0.2) is 4.79 Å². The lowest BCUT2D eigenvalue weighted by Gasteiger charge is -2.22. The highest BCUT2D eigenvalue weighted by molar-refractivity contribution is 6.01. The van der Waals surface area contributed by atoms with Crippen LogP contribution in [-0.2, 0) is 22.6 Å². The number of nitrogens with zero attached hydrogens (tertiary/aromatic N) is 3. The molecule has 1 aliphatic rings. The maximum absolute atomic E-state index is 13.1. The molecule has 0 amide bonds. The first kappa shape index (κ1) is 21.5. The lowest BCUT2D eigenvalue weighted by Crippen LogP contribution is -2.46. The first-order valence-electron chi connectivity index (χ1n) is 9.91. The van der Waals surface area contributed by atoms with Gasteiger partial charge in [0.1, 0.15) is 17.4 Å². The number of ketones is 1. The Morgan fingerprint density at radius 3 is 2.50 bits per heavy atom. The molecule has 160 valence electrons. The van der Waals surface area contributed by atoms with Crippen molar-refractivity contribution >= 4 is 17.6 Å². The minimum absolute atomic E-state index is 0.113. The molecule has 2 N–H and O–H groups in total. The fraction of sp³-hybridized carbons (Fsp3) is 0.429. The summed E-state index contributed by atoms with van der Waals surface area (Å²) in [6.07, 6.45) is 1.33. The van der Waals surface area contributed by atoms with Crippen LogP contribution >= 0.6 is 0 Å². The molecule has 9 heteroatoms. The summed E-state index contributed by atoms with van der Waals surface area (Å²) in [4.78, 5) is 52.4. The number of hydrogen-bond donors (Lipinski definition) is 1. The van der Waals surface area contributed by atoms with Crippen LogP contribution in [0.4, 0.5) is 5.82 Å². The second-order valence-electron chi connectivity index (χ2n) is 7.24. The molecule has 3 rings (SSSR count).